The number of aryl methyl sites for hydroxylation is 1. The van der Waals surface area contributed by atoms with Crippen LogP contribution in [0.2, 0.25) is 0 Å². The fourth-order valence-corrected chi connectivity index (χ4v) is 2.02. The Hall–Kier alpha value is -2.69. The lowest BCUT2D eigenvalue weighted by Gasteiger charge is -2.10. The van der Waals surface area contributed by atoms with Crippen LogP contribution in [-0.2, 0) is 0 Å². The van der Waals surface area contributed by atoms with E-state index in [9.17, 15) is 4.79 Å². The summed E-state index contributed by atoms with van der Waals surface area (Å²) in [7, 11) is 0. The Morgan fingerprint density at radius 2 is 1.83 bits per heavy atom. The van der Waals surface area contributed by atoms with E-state index in [-0.39, 0.29) is 6.03 Å². The number of carbonyl (C=O) groups excluding carboxylic acids is 1. The Bertz CT molecular complexity index is 626. The summed E-state index contributed by atoms with van der Waals surface area (Å²) in [4.78, 5) is 11.8. The summed E-state index contributed by atoms with van der Waals surface area (Å²) < 4.78 is 10.9. The first-order chi connectivity index (χ1) is 11.2. The molecule has 0 saturated carbocycles. The van der Waals surface area contributed by atoms with Gasteiger partial charge in [0, 0.05) is 5.69 Å². The second-order valence-corrected chi connectivity index (χ2v) is 5.00. The molecule has 5 nitrogen and oxygen atoms in total. The van der Waals surface area contributed by atoms with Crippen LogP contribution < -0.4 is 20.1 Å². The van der Waals surface area contributed by atoms with Crippen LogP contribution in [0.3, 0.4) is 0 Å². The molecule has 122 valence electrons. The predicted octanol–water partition coefficient (Wildman–Crippen LogP) is 3.59. The monoisotopic (exact) mass is 314 g/mol. The minimum absolute atomic E-state index is 0.262. The van der Waals surface area contributed by atoms with E-state index < -0.39 is 0 Å². The van der Waals surface area contributed by atoms with E-state index >= 15 is 0 Å². The molecule has 0 unspecified atom stereocenters. The molecular weight excluding hydrogens is 292 g/mol. The van der Waals surface area contributed by atoms with Gasteiger partial charge in [0.15, 0.2) is 0 Å². The van der Waals surface area contributed by atoms with E-state index in [1.54, 1.807) is 12.1 Å². The molecule has 0 aliphatic heterocycles. The van der Waals surface area contributed by atoms with E-state index in [1.165, 1.54) is 0 Å². The third-order valence-corrected chi connectivity index (χ3v) is 3.07. The molecule has 0 aliphatic rings. The minimum atomic E-state index is -0.262. The number of nitrogens with one attached hydrogen (secondary N) is 2. The summed E-state index contributed by atoms with van der Waals surface area (Å²) in [6, 6.07) is 14.8. The smallest absolute Gasteiger partial charge is 0.319 e. The first-order valence-electron chi connectivity index (χ1n) is 7.64. The lowest BCUT2D eigenvalue weighted by molar-refractivity contribution is 0.247. The van der Waals surface area contributed by atoms with Gasteiger partial charge in [-0.3, -0.25) is 0 Å². The van der Waals surface area contributed by atoms with Crippen molar-refractivity contribution in [2.75, 3.05) is 25.1 Å². The van der Waals surface area contributed by atoms with Crippen LogP contribution in [0.5, 0.6) is 11.5 Å². The Morgan fingerprint density at radius 1 is 1.04 bits per heavy atom. The zero-order valence-electron chi connectivity index (χ0n) is 13.5. The van der Waals surface area contributed by atoms with Crippen LogP contribution in [0.4, 0.5) is 10.5 Å². The Labute approximate surface area is 136 Å². The van der Waals surface area contributed by atoms with E-state index in [2.05, 4.69) is 10.6 Å². The van der Waals surface area contributed by atoms with Gasteiger partial charge in [0.2, 0.25) is 0 Å². The second kappa shape index (κ2) is 8.68. The molecule has 0 radical (unpaired) electrons. The van der Waals surface area contributed by atoms with Gasteiger partial charge in [-0.1, -0.05) is 12.1 Å². The molecule has 0 bridgehead atoms. The maximum Gasteiger partial charge on any atom is 0.319 e. The fourth-order valence-electron chi connectivity index (χ4n) is 2.02. The van der Waals surface area contributed by atoms with Crippen molar-refractivity contribution in [1.82, 2.24) is 5.32 Å². The summed E-state index contributed by atoms with van der Waals surface area (Å²) in [6.07, 6.45) is 0. The maximum absolute atomic E-state index is 11.8. The lowest BCUT2D eigenvalue weighted by Crippen LogP contribution is -2.32. The summed E-state index contributed by atoms with van der Waals surface area (Å²) in [5.74, 6) is 1.59. The number of carbonyl (C=O) groups is 1. The van der Waals surface area contributed by atoms with Crippen molar-refractivity contribution in [1.29, 1.82) is 0 Å². The standard InChI is InChI=1S/C18H22N2O3/c1-3-22-16-9-7-15(8-10-16)20-18(21)19-11-12-23-17-6-4-5-14(2)13-17/h4-10,13H,3,11-12H2,1-2H3,(H2,19,20,21). The van der Waals surface area contributed by atoms with E-state index in [0.717, 1.165) is 17.1 Å². The van der Waals surface area contributed by atoms with Gasteiger partial charge in [-0.15, -0.1) is 0 Å². The van der Waals surface area contributed by atoms with Gasteiger partial charge in [-0.05, 0) is 55.8 Å². The number of anilines is 1. The third-order valence-electron chi connectivity index (χ3n) is 3.07. The normalized spacial score (nSPS) is 10.0. The molecule has 0 aliphatic carbocycles. The van der Waals surface area contributed by atoms with Gasteiger partial charge in [0.1, 0.15) is 18.1 Å². The van der Waals surface area contributed by atoms with Crippen LogP contribution in [-0.4, -0.2) is 25.8 Å². The van der Waals surface area contributed by atoms with E-state index in [1.807, 2.05) is 50.2 Å². The van der Waals surface area contributed by atoms with Crippen molar-refractivity contribution in [3.05, 3.63) is 54.1 Å². The average Bonchev–Trinajstić information content (AvgIpc) is 2.54. The molecule has 0 saturated heterocycles. The molecule has 5 heteroatoms. The molecule has 2 aromatic rings. The van der Waals surface area contributed by atoms with Crippen LogP contribution >= 0.6 is 0 Å². The van der Waals surface area contributed by atoms with Crippen LogP contribution in [0, 0.1) is 6.92 Å². The van der Waals surface area contributed by atoms with Crippen LogP contribution in [0.15, 0.2) is 48.5 Å². The average molecular weight is 314 g/mol. The highest BCUT2D eigenvalue weighted by Gasteiger charge is 2.02. The highest BCUT2D eigenvalue weighted by atomic mass is 16.5. The molecule has 2 N–H and O–H groups in total. The highest BCUT2D eigenvalue weighted by molar-refractivity contribution is 5.89. The number of rotatable bonds is 7. The Balaban J connectivity index is 1.68. The van der Waals surface area contributed by atoms with Crippen LogP contribution in [0.25, 0.3) is 0 Å². The molecule has 0 fully saturated rings. The van der Waals surface area contributed by atoms with Gasteiger partial charge >= 0.3 is 6.03 Å². The predicted molar refractivity (Wildman–Crippen MR) is 91.3 cm³/mol. The SMILES string of the molecule is CCOc1ccc(NC(=O)NCCOc2cccc(C)c2)cc1. The molecule has 0 atom stereocenters. The summed E-state index contributed by atoms with van der Waals surface area (Å²) in [5.41, 5.74) is 1.86. The highest BCUT2D eigenvalue weighted by Crippen LogP contribution is 2.15. The Morgan fingerprint density at radius 3 is 2.52 bits per heavy atom. The van der Waals surface area contributed by atoms with Gasteiger partial charge in [0.05, 0.1) is 13.2 Å². The van der Waals surface area contributed by atoms with Gasteiger partial charge in [0.25, 0.3) is 0 Å². The maximum atomic E-state index is 11.8. The number of amides is 2. The number of ether oxygens (including phenoxy) is 2. The largest absolute Gasteiger partial charge is 0.494 e. The minimum Gasteiger partial charge on any atom is -0.494 e. The summed E-state index contributed by atoms with van der Waals surface area (Å²) in [5, 5.41) is 5.51. The van der Waals surface area contributed by atoms with Crippen molar-refractivity contribution < 1.29 is 14.3 Å². The van der Waals surface area contributed by atoms with Crippen molar-refractivity contribution in [2.45, 2.75) is 13.8 Å². The van der Waals surface area contributed by atoms with Crippen molar-refractivity contribution in [3.63, 3.8) is 0 Å². The summed E-state index contributed by atoms with van der Waals surface area (Å²) >= 11 is 0. The van der Waals surface area contributed by atoms with E-state index in [0.29, 0.717) is 25.4 Å². The molecular formula is C18H22N2O3. The molecule has 23 heavy (non-hydrogen) atoms. The van der Waals surface area contributed by atoms with Crippen LogP contribution in [0.1, 0.15) is 12.5 Å². The fraction of sp³-hybridized carbons (Fsp3) is 0.278. The molecule has 0 spiro atoms. The number of urea groups is 1. The van der Waals surface area contributed by atoms with Gasteiger partial charge in [-0.25, -0.2) is 4.79 Å². The first kappa shape index (κ1) is 16.7. The zero-order chi connectivity index (χ0) is 16.5. The van der Waals surface area contributed by atoms with Gasteiger partial charge in [-0.2, -0.15) is 0 Å². The molecule has 0 heterocycles. The van der Waals surface area contributed by atoms with Crippen molar-refractivity contribution in [2.24, 2.45) is 0 Å². The Kier molecular flexibility index (Phi) is 6.29. The quantitative estimate of drug-likeness (QED) is 0.768. The lowest BCUT2D eigenvalue weighted by atomic mass is 10.2. The van der Waals surface area contributed by atoms with Crippen molar-refractivity contribution >= 4 is 11.7 Å². The molecule has 2 amide bonds. The van der Waals surface area contributed by atoms with Crippen molar-refractivity contribution in [3.8, 4) is 11.5 Å². The third kappa shape index (κ3) is 5.90. The molecule has 2 aromatic carbocycles. The number of benzene rings is 2. The van der Waals surface area contributed by atoms with E-state index in [4.69, 9.17) is 9.47 Å². The number of hydrogen-bond acceptors (Lipinski definition) is 3. The van der Waals surface area contributed by atoms with Gasteiger partial charge < -0.3 is 20.1 Å². The molecule has 2 rings (SSSR count). The first-order valence-corrected chi connectivity index (χ1v) is 7.64. The summed E-state index contributed by atoms with van der Waals surface area (Å²) in [6.45, 7) is 5.40. The topological polar surface area (TPSA) is 59.6 Å². The molecule has 0 aromatic heterocycles. The zero-order valence-corrected chi connectivity index (χ0v) is 13.5. The second-order valence-electron chi connectivity index (χ2n) is 5.00. The number of hydrogen-bond donors (Lipinski definition) is 2.